The number of methoxy groups -OCH3 is 1. The predicted octanol–water partition coefficient (Wildman–Crippen LogP) is 2.81. The Labute approximate surface area is 118 Å². The van der Waals surface area contributed by atoms with Gasteiger partial charge in [-0.15, -0.1) is 0 Å². The molecular weight excluding hydrogens is 252 g/mol. The van der Waals surface area contributed by atoms with Crippen LogP contribution in [0, 0.1) is 0 Å². The van der Waals surface area contributed by atoms with E-state index in [-0.39, 0.29) is 5.91 Å². The van der Waals surface area contributed by atoms with Gasteiger partial charge in [0.2, 0.25) is 5.91 Å². The lowest BCUT2D eigenvalue weighted by Gasteiger charge is -2.25. The maximum absolute atomic E-state index is 11.4. The molecule has 0 unspecified atom stereocenters. The molecule has 3 rings (SSSR count). The number of ether oxygens (including phenoxy) is 1. The zero-order valence-corrected chi connectivity index (χ0v) is 11.8. The fourth-order valence-electron chi connectivity index (χ4n) is 2.77. The molecule has 1 aromatic carbocycles. The van der Waals surface area contributed by atoms with Crippen molar-refractivity contribution in [3.63, 3.8) is 0 Å². The van der Waals surface area contributed by atoms with Crippen LogP contribution in [0.4, 0.5) is 0 Å². The maximum Gasteiger partial charge on any atom is 0.219 e. The van der Waals surface area contributed by atoms with Gasteiger partial charge in [-0.25, -0.2) is 0 Å². The molecule has 1 N–H and O–H groups in total. The number of aromatic amines is 1. The summed E-state index contributed by atoms with van der Waals surface area (Å²) in [6.45, 7) is 3.09. The summed E-state index contributed by atoms with van der Waals surface area (Å²) in [6.07, 6.45) is 5.05. The van der Waals surface area contributed by atoms with Gasteiger partial charge in [-0.1, -0.05) is 12.1 Å². The van der Waals surface area contributed by atoms with Crippen molar-refractivity contribution in [3.8, 4) is 5.75 Å². The number of amides is 1. The Morgan fingerprint density at radius 1 is 1.40 bits per heavy atom. The molecule has 0 atom stereocenters. The fraction of sp³-hybridized carbons (Fsp3) is 0.312. The van der Waals surface area contributed by atoms with Gasteiger partial charge in [0.1, 0.15) is 5.75 Å². The molecule has 1 aliphatic heterocycles. The number of nitrogens with one attached hydrogen (secondary N) is 1. The molecule has 1 amide bonds. The van der Waals surface area contributed by atoms with Crippen LogP contribution in [0.25, 0.3) is 16.5 Å². The molecule has 4 heteroatoms. The third-order valence-electron chi connectivity index (χ3n) is 3.89. The second-order valence-electron chi connectivity index (χ2n) is 5.03. The summed E-state index contributed by atoms with van der Waals surface area (Å²) in [5, 5.41) is 1.12. The first kappa shape index (κ1) is 12.8. The van der Waals surface area contributed by atoms with Crippen molar-refractivity contribution in [3.05, 3.63) is 36.0 Å². The van der Waals surface area contributed by atoms with Crippen LogP contribution >= 0.6 is 0 Å². The topological polar surface area (TPSA) is 45.3 Å². The number of carbonyl (C=O) groups is 1. The Balaban J connectivity index is 2.01. The summed E-state index contributed by atoms with van der Waals surface area (Å²) in [5.41, 5.74) is 3.54. The first-order valence-corrected chi connectivity index (χ1v) is 6.79. The van der Waals surface area contributed by atoms with E-state index < -0.39 is 0 Å². The molecule has 0 spiro atoms. The molecule has 2 aromatic rings. The molecule has 0 saturated carbocycles. The number of H-pyrrole nitrogens is 1. The van der Waals surface area contributed by atoms with Gasteiger partial charge in [0.05, 0.1) is 7.11 Å². The van der Waals surface area contributed by atoms with E-state index in [2.05, 4.69) is 11.1 Å². The zero-order valence-electron chi connectivity index (χ0n) is 11.8. The third-order valence-corrected chi connectivity index (χ3v) is 3.89. The molecular formula is C16H18N2O2. The van der Waals surface area contributed by atoms with Crippen molar-refractivity contribution in [1.82, 2.24) is 9.88 Å². The van der Waals surface area contributed by atoms with Crippen molar-refractivity contribution >= 4 is 22.4 Å². The monoisotopic (exact) mass is 270 g/mol. The van der Waals surface area contributed by atoms with Crippen LogP contribution in [-0.4, -0.2) is 36.0 Å². The highest BCUT2D eigenvalue weighted by atomic mass is 16.5. The predicted molar refractivity (Wildman–Crippen MR) is 79.7 cm³/mol. The van der Waals surface area contributed by atoms with Crippen LogP contribution in [0.5, 0.6) is 5.75 Å². The van der Waals surface area contributed by atoms with Crippen LogP contribution < -0.4 is 4.74 Å². The van der Waals surface area contributed by atoms with Crippen LogP contribution in [0.15, 0.2) is 30.5 Å². The Kier molecular flexibility index (Phi) is 3.22. The number of hydrogen-bond acceptors (Lipinski definition) is 2. The van der Waals surface area contributed by atoms with Gasteiger partial charge in [0.25, 0.3) is 0 Å². The number of rotatable bonds is 2. The highest BCUT2D eigenvalue weighted by Crippen LogP contribution is 2.34. The van der Waals surface area contributed by atoms with E-state index in [0.29, 0.717) is 6.54 Å². The Morgan fingerprint density at radius 2 is 2.25 bits per heavy atom. The van der Waals surface area contributed by atoms with Crippen LogP contribution in [-0.2, 0) is 4.79 Å². The van der Waals surface area contributed by atoms with Crippen molar-refractivity contribution in [2.24, 2.45) is 0 Å². The summed E-state index contributed by atoms with van der Waals surface area (Å²) < 4.78 is 5.46. The highest BCUT2D eigenvalue weighted by Gasteiger charge is 2.18. The summed E-state index contributed by atoms with van der Waals surface area (Å²) in [4.78, 5) is 16.5. The van der Waals surface area contributed by atoms with Gasteiger partial charge in [-0.3, -0.25) is 4.79 Å². The van der Waals surface area contributed by atoms with Gasteiger partial charge < -0.3 is 14.6 Å². The normalized spacial score (nSPS) is 15.3. The molecule has 0 aliphatic carbocycles. The highest BCUT2D eigenvalue weighted by molar-refractivity contribution is 5.97. The van der Waals surface area contributed by atoms with Crippen molar-refractivity contribution in [2.45, 2.75) is 13.3 Å². The number of hydrogen-bond donors (Lipinski definition) is 1. The molecule has 0 radical (unpaired) electrons. The average molecular weight is 270 g/mol. The van der Waals surface area contributed by atoms with Gasteiger partial charge in [0, 0.05) is 42.7 Å². The van der Waals surface area contributed by atoms with E-state index in [1.807, 2.05) is 29.3 Å². The molecule has 20 heavy (non-hydrogen) atoms. The number of carbonyl (C=O) groups excluding carboxylic acids is 1. The molecule has 4 nitrogen and oxygen atoms in total. The van der Waals surface area contributed by atoms with Crippen LogP contribution in [0.3, 0.4) is 0 Å². The molecule has 1 aliphatic rings. The second kappa shape index (κ2) is 5.04. The van der Waals surface area contributed by atoms with Crippen molar-refractivity contribution in [2.75, 3.05) is 20.2 Å². The summed E-state index contributed by atoms with van der Waals surface area (Å²) >= 11 is 0. The largest absolute Gasteiger partial charge is 0.496 e. The Morgan fingerprint density at radius 3 is 2.90 bits per heavy atom. The van der Waals surface area contributed by atoms with E-state index in [1.165, 1.54) is 11.1 Å². The van der Waals surface area contributed by atoms with Crippen molar-refractivity contribution < 1.29 is 9.53 Å². The molecule has 0 bridgehead atoms. The number of fused-ring (bicyclic) bond motifs is 1. The maximum atomic E-state index is 11.4. The summed E-state index contributed by atoms with van der Waals surface area (Å²) in [7, 11) is 1.69. The smallest absolute Gasteiger partial charge is 0.219 e. The minimum absolute atomic E-state index is 0.136. The second-order valence-corrected chi connectivity index (χ2v) is 5.03. The molecule has 0 saturated heterocycles. The van der Waals surface area contributed by atoms with Gasteiger partial charge in [0.15, 0.2) is 0 Å². The fourth-order valence-corrected chi connectivity index (χ4v) is 2.77. The number of benzene rings is 1. The standard InChI is InChI=1S/C16H18N2O2/c1-11(19)18-8-6-12(7-9-18)13-10-17-14-4-3-5-15(20-2)16(13)14/h3-6,10,17H,7-9H2,1-2H3. The molecule has 2 heterocycles. The van der Waals surface area contributed by atoms with Gasteiger partial charge >= 0.3 is 0 Å². The van der Waals surface area contributed by atoms with Gasteiger partial charge in [-0.2, -0.15) is 0 Å². The lowest BCUT2D eigenvalue weighted by molar-refractivity contribution is -0.128. The molecule has 104 valence electrons. The molecule has 1 aromatic heterocycles. The summed E-state index contributed by atoms with van der Waals surface area (Å²) in [5.74, 6) is 1.02. The first-order valence-electron chi connectivity index (χ1n) is 6.79. The first-order chi connectivity index (χ1) is 9.70. The average Bonchev–Trinajstić information content (AvgIpc) is 2.91. The number of aromatic nitrogens is 1. The van der Waals surface area contributed by atoms with E-state index in [4.69, 9.17) is 4.74 Å². The molecule has 0 fully saturated rings. The third kappa shape index (κ3) is 2.07. The SMILES string of the molecule is COc1cccc2[nH]cc(C3=CCN(C(C)=O)CC3)c12. The van der Waals surface area contributed by atoms with E-state index >= 15 is 0 Å². The Bertz CT molecular complexity index is 685. The lowest BCUT2D eigenvalue weighted by Crippen LogP contribution is -2.32. The van der Waals surface area contributed by atoms with Gasteiger partial charge in [-0.05, 0) is 24.1 Å². The van der Waals surface area contributed by atoms with Crippen LogP contribution in [0.2, 0.25) is 0 Å². The van der Waals surface area contributed by atoms with E-state index in [1.54, 1.807) is 14.0 Å². The minimum Gasteiger partial charge on any atom is -0.496 e. The van der Waals surface area contributed by atoms with E-state index in [0.717, 1.165) is 29.6 Å². The lowest BCUT2D eigenvalue weighted by atomic mass is 9.98. The summed E-state index contributed by atoms with van der Waals surface area (Å²) in [6, 6.07) is 6.01. The van der Waals surface area contributed by atoms with Crippen LogP contribution in [0.1, 0.15) is 18.9 Å². The quantitative estimate of drug-likeness (QED) is 0.912. The number of nitrogens with zero attached hydrogens (tertiary/aromatic N) is 1. The Hall–Kier alpha value is -2.23. The zero-order chi connectivity index (χ0) is 14.1. The van der Waals surface area contributed by atoms with Crippen molar-refractivity contribution in [1.29, 1.82) is 0 Å². The van der Waals surface area contributed by atoms with E-state index in [9.17, 15) is 4.79 Å². The minimum atomic E-state index is 0.136.